The van der Waals surface area contributed by atoms with Gasteiger partial charge in [0.1, 0.15) is 0 Å². The number of ether oxygens (including phenoxy) is 1. The number of thiophene rings is 1. The highest BCUT2D eigenvalue weighted by Crippen LogP contribution is 2.17. The van der Waals surface area contributed by atoms with Gasteiger partial charge in [-0.2, -0.15) is 0 Å². The average molecular weight is 345 g/mol. The fraction of sp³-hybridized carbons (Fsp3) is 0.167. The topological polar surface area (TPSA) is 42.7 Å². The normalized spacial score (nSPS) is 10.5. The number of nitrogens with zero attached hydrogens (tertiary/aromatic N) is 1. The second kappa shape index (κ2) is 7.79. The van der Waals surface area contributed by atoms with Crippen LogP contribution >= 0.6 is 11.3 Å². The number of hydrogen-bond acceptors (Lipinski definition) is 4. The highest BCUT2D eigenvalue weighted by Gasteiger charge is 2.17. The van der Waals surface area contributed by atoms with E-state index < -0.39 is 5.82 Å². The Morgan fingerprint density at radius 1 is 1.17 bits per heavy atom. The lowest BCUT2D eigenvalue weighted by Crippen LogP contribution is -2.33. The van der Waals surface area contributed by atoms with E-state index in [-0.39, 0.29) is 18.3 Å². The quantitative estimate of drug-likeness (QED) is 0.648. The molecule has 0 saturated heterocycles. The number of amides is 1. The van der Waals surface area contributed by atoms with Gasteiger partial charge in [-0.3, -0.25) is 4.79 Å². The minimum Gasteiger partial charge on any atom is -0.481 e. The van der Waals surface area contributed by atoms with Crippen molar-refractivity contribution in [2.45, 2.75) is 13.1 Å². The molecule has 1 aromatic carbocycles. The maximum absolute atomic E-state index is 13.6. The Labute approximate surface area is 143 Å². The smallest absolute Gasteiger partial charge is 0.261 e. The zero-order valence-electron chi connectivity index (χ0n) is 12.9. The lowest BCUT2D eigenvalue weighted by molar-refractivity contribution is -0.134. The summed E-state index contributed by atoms with van der Waals surface area (Å²) in [6.07, 6.45) is 3.17. The molecule has 4 nitrogen and oxygen atoms in total. The Kier molecular flexibility index (Phi) is 5.28. The first-order chi connectivity index (χ1) is 11.7. The lowest BCUT2D eigenvalue weighted by Gasteiger charge is -2.21. The van der Waals surface area contributed by atoms with Crippen LogP contribution in [0.4, 0.5) is 4.39 Å². The summed E-state index contributed by atoms with van der Waals surface area (Å²) in [5.41, 5.74) is 0.894. The standard InChI is InChI=1S/C18H16FNO3S/c19-16-5-1-2-6-17(16)23-13-18(21)20(10-14-7-8-22-12-14)11-15-4-3-9-24-15/h1-9,12H,10-11,13H2. The number of rotatable bonds is 7. The Morgan fingerprint density at radius 3 is 2.75 bits per heavy atom. The van der Waals surface area contributed by atoms with Crippen LogP contribution in [0.15, 0.2) is 64.8 Å². The van der Waals surface area contributed by atoms with Crippen LogP contribution in [-0.4, -0.2) is 17.4 Å². The van der Waals surface area contributed by atoms with Gasteiger partial charge in [0.25, 0.3) is 5.91 Å². The fourth-order valence-electron chi connectivity index (χ4n) is 2.22. The molecule has 3 rings (SSSR count). The number of para-hydroxylation sites is 1. The second-order valence-corrected chi connectivity index (χ2v) is 6.21. The first-order valence-corrected chi connectivity index (χ1v) is 8.29. The predicted molar refractivity (Wildman–Crippen MR) is 89.2 cm³/mol. The van der Waals surface area contributed by atoms with Crippen molar-refractivity contribution >= 4 is 17.2 Å². The number of carbonyl (C=O) groups excluding carboxylic acids is 1. The van der Waals surface area contributed by atoms with Crippen LogP contribution in [-0.2, 0) is 17.9 Å². The molecule has 6 heteroatoms. The number of carbonyl (C=O) groups is 1. The van der Waals surface area contributed by atoms with Crippen LogP contribution < -0.4 is 4.74 Å². The molecule has 0 bridgehead atoms. The second-order valence-electron chi connectivity index (χ2n) is 5.18. The van der Waals surface area contributed by atoms with Crippen LogP contribution in [0.2, 0.25) is 0 Å². The van der Waals surface area contributed by atoms with Gasteiger partial charge in [0.15, 0.2) is 18.2 Å². The molecule has 124 valence electrons. The van der Waals surface area contributed by atoms with Crippen LogP contribution in [0.5, 0.6) is 5.75 Å². The molecule has 0 aliphatic heterocycles. The maximum Gasteiger partial charge on any atom is 0.261 e. The van der Waals surface area contributed by atoms with Crippen molar-refractivity contribution in [1.82, 2.24) is 4.90 Å². The van der Waals surface area contributed by atoms with Gasteiger partial charge < -0.3 is 14.1 Å². The van der Waals surface area contributed by atoms with Crippen molar-refractivity contribution in [2.24, 2.45) is 0 Å². The van der Waals surface area contributed by atoms with Crippen molar-refractivity contribution in [2.75, 3.05) is 6.61 Å². The summed E-state index contributed by atoms with van der Waals surface area (Å²) in [5, 5.41) is 1.96. The van der Waals surface area contributed by atoms with E-state index in [2.05, 4.69) is 0 Å². The van der Waals surface area contributed by atoms with E-state index in [1.807, 2.05) is 23.6 Å². The first-order valence-electron chi connectivity index (χ1n) is 7.41. The Hall–Kier alpha value is -2.60. The number of benzene rings is 1. The lowest BCUT2D eigenvalue weighted by atomic mass is 10.3. The van der Waals surface area contributed by atoms with Crippen molar-refractivity contribution < 1.29 is 18.3 Å². The largest absolute Gasteiger partial charge is 0.481 e. The molecule has 0 atom stereocenters. The van der Waals surface area contributed by atoms with Gasteiger partial charge in [-0.1, -0.05) is 18.2 Å². The number of halogens is 1. The molecule has 1 amide bonds. The van der Waals surface area contributed by atoms with Crippen LogP contribution in [0.1, 0.15) is 10.4 Å². The molecule has 0 N–H and O–H groups in total. The van der Waals surface area contributed by atoms with Crippen LogP contribution in [0.25, 0.3) is 0 Å². The zero-order valence-corrected chi connectivity index (χ0v) is 13.7. The molecule has 2 heterocycles. The van der Waals surface area contributed by atoms with Gasteiger partial charge in [-0.05, 0) is 29.6 Å². The average Bonchev–Trinajstić information content (AvgIpc) is 3.27. The van der Waals surface area contributed by atoms with E-state index in [1.165, 1.54) is 12.1 Å². The van der Waals surface area contributed by atoms with Crippen molar-refractivity contribution in [3.05, 3.63) is 76.6 Å². The molecule has 0 aliphatic carbocycles. The van der Waals surface area contributed by atoms with Crippen molar-refractivity contribution in [3.8, 4) is 5.75 Å². The maximum atomic E-state index is 13.6. The van der Waals surface area contributed by atoms with E-state index >= 15 is 0 Å². The van der Waals surface area contributed by atoms with Crippen LogP contribution in [0, 0.1) is 5.82 Å². The molecule has 24 heavy (non-hydrogen) atoms. The van der Waals surface area contributed by atoms with Crippen molar-refractivity contribution in [1.29, 1.82) is 0 Å². The summed E-state index contributed by atoms with van der Waals surface area (Å²) in [4.78, 5) is 15.3. The molecule has 0 saturated carbocycles. The van der Waals surface area contributed by atoms with E-state index in [4.69, 9.17) is 9.15 Å². The number of furan rings is 1. The van der Waals surface area contributed by atoms with Gasteiger partial charge in [-0.25, -0.2) is 4.39 Å². The van der Waals surface area contributed by atoms with E-state index in [0.717, 1.165) is 10.4 Å². The highest BCUT2D eigenvalue weighted by molar-refractivity contribution is 7.09. The van der Waals surface area contributed by atoms with Crippen LogP contribution in [0.3, 0.4) is 0 Å². The van der Waals surface area contributed by atoms with Gasteiger partial charge in [-0.15, -0.1) is 11.3 Å². The summed E-state index contributed by atoms with van der Waals surface area (Å²) in [5.74, 6) is -0.622. The van der Waals surface area contributed by atoms with Gasteiger partial charge in [0, 0.05) is 17.0 Å². The minimum absolute atomic E-state index is 0.0743. The number of hydrogen-bond donors (Lipinski definition) is 0. The Morgan fingerprint density at radius 2 is 2.04 bits per heavy atom. The van der Waals surface area contributed by atoms with Crippen molar-refractivity contribution in [3.63, 3.8) is 0 Å². The molecular weight excluding hydrogens is 329 g/mol. The highest BCUT2D eigenvalue weighted by atomic mass is 32.1. The van der Waals surface area contributed by atoms with E-state index in [9.17, 15) is 9.18 Å². The summed E-state index contributed by atoms with van der Waals surface area (Å²) in [6, 6.07) is 11.8. The molecule has 0 spiro atoms. The summed E-state index contributed by atoms with van der Waals surface area (Å²) in [6.45, 7) is 0.667. The fourth-order valence-corrected chi connectivity index (χ4v) is 2.94. The third-order valence-corrected chi connectivity index (χ3v) is 4.28. The SMILES string of the molecule is O=C(COc1ccccc1F)N(Cc1ccoc1)Cc1cccs1. The van der Waals surface area contributed by atoms with E-state index in [1.54, 1.807) is 40.9 Å². The van der Waals surface area contributed by atoms with E-state index in [0.29, 0.717) is 13.1 Å². The summed E-state index contributed by atoms with van der Waals surface area (Å²) >= 11 is 1.58. The first kappa shape index (κ1) is 16.3. The third-order valence-electron chi connectivity index (χ3n) is 3.42. The third kappa shape index (κ3) is 4.23. The minimum atomic E-state index is -0.482. The molecule has 0 radical (unpaired) electrons. The molecule has 0 fully saturated rings. The van der Waals surface area contributed by atoms with Gasteiger partial charge in [0.2, 0.25) is 0 Å². The Bertz CT molecular complexity index is 735. The van der Waals surface area contributed by atoms with Gasteiger partial charge >= 0.3 is 0 Å². The Balaban J connectivity index is 1.67. The molecule has 0 unspecified atom stereocenters. The van der Waals surface area contributed by atoms with Gasteiger partial charge in [0.05, 0.1) is 19.1 Å². The molecular formula is C18H16FNO3S. The summed E-state index contributed by atoms with van der Waals surface area (Å²) < 4.78 is 24.0. The molecule has 2 aromatic heterocycles. The predicted octanol–water partition coefficient (Wildman–Crippen LogP) is 4.09. The molecule has 0 aliphatic rings. The summed E-state index contributed by atoms with van der Waals surface area (Å²) in [7, 11) is 0. The zero-order chi connectivity index (χ0) is 16.8. The molecule has 3 aromatic rings. The monoisotopic (exact) mass is 345 g/mol.